The van der Waals surface area contributed by atoms with Gasteiger partial charge >= 0.3 is 0 Å². The lowest BCUT2D eigenvalue weighted by molar-refractivity contribution is 0.405. The van der Waals surface area contributed by atoms with E-state index in [0.29, 0.717) is 27.7 Å². The van der Waals surface area contributed by atoms with Gasteiger partial charge in [0, 0.05) is 22.8 Å². The molecule has 0 unspecified atom stereocenters. The number of fused-ring (bicyclic) bond motifs is 1. The van der Waals surface area contributed by atoms with E-state index in [1.807, 2.05) is 0 Å². The van der Waals surface area contributed by atoms with Gasteiger partial charge in [-0.1, -0.05) is 0 Å². The van der Waals surface area contributed by atoms with E-state index in [2.05, 4.69) is 4.98 Å². The molecule has 0 saturated heterocycles. The van der Waals surface area contributed by atoms with E-state index in [9.17, 15) is 15.3 Å². The summed E-state index contributed by atoms with van der Waals surface area (Å²) in [5, 5.41) is 30.1. The van der Waals surface area contributed by atoms with Crippen molar-refractivity contribution in [2.24, 2.45) is 0 Å². The molecule has 20 heavy (non-hydrogen) atoms. The molecule has 5 nitrogen and oxygen atoms in total. The fourth-order valence-corrected chi connectivity index (χ4v) is 2.16. The molecule has 0 atom stereocenters. The van der Waals surface area contributed by atoms with Crippen molar-refractivity contribution in [1.82, 2.24) is 4.98 Å². The Morgan fingerprint density at radius 2 is 1.65 bits per heavy atom. The second kappa shape index (κ2) is 4.31. The number of benzene rings is 2. The number of phenolic OH excluding ortho intramolecular Hbond substituents is 3. The SMILES string of the molecule is Nc1ccc(O)cc1-c1nccc2cc(O)c(O)cc12. The van der Waals surface area contributed by atoms with E-state index in [4.69, 9.17) is 5.73 Å². The molecule has 3 aromatic rings. The number of pyridine rings is 1. The first-order chi connectivity index (χ1) is 9.56. The van der Waals surface area contributed by atoms with Gasteiger partial charge in [0.25, 0.3) is 0 Å². The molecular weight excluding hydrogens is 256 g/mol. The predicted molar refractivity (Wildman–Crippen MR) is 76.6 cm³/mol. The normalized spacial score (nSPS) is 10.8. The fraction of sp³-hybridized carbons (Fsp3) is 0. The van der Waals surface area contributed by atoms with Crippen LogP contribution < -0.4 is 5.73 Å². The van der Waals surface area contributed by atoms with Gasteiger partial charge in [0.2, 0.25) is 0 Å². The number of hydrogen-bond donors (Lipinski definition) is 4. The van der Waals surface area contributed by atoms with Crippen molar-refractivity contribution in [2.75, 3.05) is 5.73 Å². The lowest BCUT2D eigenvalue weighted by Crippen LogP contribution is -1.93. The van der Waals surface area contributed by atoms with Crippen LogP contribution >= 0.6 is 0 Å². The summed E-state index contributed by atoms with van der Waals surface area (Å²) in [6.07, 6.45) is 1.58. The third-order valence-electron chi connectivity index (χ3n) is 3.15. The summed E-state index contributed by atoms with van der Waals surface area (Å²) in [6, 6.07) is 9.20. The number of nitrogens with zero attached hydrogens (tertiary/aromatic N) is 1. The molecule has 5 N–H and O–H groups in total. The molecule has 1 aromatic heterocycles. The maximum atomic E-state index is 9.65. The molecule has 0 aliphatic rings. The lowest BCUT2D eigenvalue weighted by atomic mass is 10.0. The van der Waals surface area contributed by atoms with Crippen molar-refractivity contribution in [3.63, 3.8) is 0 Å². The molecule has 0 fully saturated rings. The lowest BCUT2D eigenvalue weighted by Gasteiger charge is -2.10. The van der Waals surface area contributed by atoms with Crippen molar-refractivity contribution in [3.05, 3.63) is 42.6 Å². The summed E-state index contributed by atoms with van der Waals surface area (Å²) in [6.45, 7) is 0. The molecular formula is C15H12N2O3. The van der Waals surface area contributed by atoms with Gasteiger partial charge in [-0.2, -0.15) is 0 Å². The average Bonchev–Trinajstić information content (AvgIpc) is 2.42. The van der Waals surface area contributed by atoms with Crippen LogP contribution in [0.5, 0.6) is 17.2 Å². The van der Waals surface area contributed by atoms with Gasteiger partial charge in [-0.05, 0) is 41.8 Å². The summed E-state index contributed by atoms with van der Waals surface area (Å²) in [4.78, 5) is 4.27. The number of anilines is 1. The zero-order chi connectivity index (χ0) is 14.3. The molecule has 0 bridgehead atoms. The summed E-state index contributed by atoms with van der Waals surface area (Å²) >= 11 is 0. The van der Waals surface area contributed by atoms with Gasteiger partial charge < -0.3 is 21.1 Å². The topological polar surface area (TPSA) is 99.6 Å². The van der Waals surface area contributed by atoms with Gasteiger partial charge in [-0.25, -0.2) is 0 Å². The summed E-state index contributed by atoms with van der Waals surface area (Å²) < 4.78 is 0. The Kier molecular flexibility index (Phi) is 2.61. The molecule has 2 aromatic carbocycles. The average molecular weight is 268 g/mol. The van der Waals surface area contributed by atoms with Gasteiger partial charge in [-0.15, -0.1) is 0 Å². The number of nitrogens with two attached hydrogens (primary N) is 1. The van der Waals surface area contributed by atoms with Crippen molar-refractivity contribution < 1.29 is 15.3 Å². The van der Waals surface area contributed by atoms with E-state index in [1.165, 1.54) is 24.3 Å². The van der Waals surface area contributed by atoms with E-state index in [-0.39, 0.29) is 17.2 Å². The van der Waals surface area contributed by atoms with Crippen LogP contribution in [0.3, 0.4) is 0 Å². The Balaban J connectivity index is 2.36. The molecule has 0 aliphatic carbocycles. The molecule has 1 heterocycles. The number of aromatic hydroxyl groups is 3. The Hall–Kier alpha value is -2.95. The smallest absolute Gasteiger partial charge is 0.158 e. The highest BCUT2D eigenvalue weighted by atomic mass is 16.3. The largest absolute Gasteiger partial charge is 0.508 e. The number of hydrogen-bond acceptors (Lipinski definition) is 5. The number of nitrogen functional groups attached to an aromatic ring is 1. The summed E-state index contributed by atoms with van der Waals surface area (Å²) in [5.41, 5.74) is 7.49. The first-order valence-corrected chi connectivity index (χ1v) is 5.96. The van der Waals surface area contributed by atoms with Crippen molar-refractivity contribution in [3.8, 4) is 28.5 Å². The molecule has 0 amide bonds. The quantitative estimate of drug-likeness (QED) is 0.309. The van der Waals surface area contributed by atoms with E-state index >= 15 is 0 Å². The van der Waals surface area contributed by atoms with Gasteiger partial charge in [-0.3, -0.25) is 4.98 Å². The number of aromatic nitrogens is 1. The highest BCUT2D eigenvalue weighted by Crippen LogP contribution is 2.37. The highest BCUT2D eigenvalue weighted by Gasteiger charge is 2.12. The number of rotatable bonds is 1. The van der Waals surface area contributed by atoms with E-state index < -0.39 is 0 Å². The van der Waals surface area contributed by atoms with Crippen LogP contribution in [0.1, 0.15) is 0 Å². The van der Waals surface area contributed by atoms with Crippen molar-refractivity contribution >= 4 is 16.5 Å². The van der Waals surface area contributed by atoms with Crippen molar-refractivity contribution in [2.45, 2.75) is 0 Å². The van der Waals surface area contributed by atoms with E-state index in [1.54, 1.807) is 18.3 Å². The molecule has 0 radical (unpaired) electrons. The van der Waals surface area contributed by atoms with Crippen LogP contribution in [0.15, 0.2) is 42.6 Å². The third kappa shape index (κ3) is 1.85. The highest BCUT2D eigenvalue weighted by molar-refractivity contribution is 5.98. The molecule has 3 rings (SSSR count). The van der Waals surface area contributed by atoms with Crippen LogP contribution in [0.25, 0.3) is 22.0 Å². The monoisotopic (exact) mass is 268 g/mol. The first-order valence-electron chi connectivity index (χ1n) is 5.96. The Labute approximate surface area is 114 Å². The Bertz CT molecular complexity index is 816. The predicted octanol–water partition coefficient (Wildman–Crippen LogP) is 2.60. The maximum Gasteiger partial charge on any atom is 0.158 e. The first kappa shape index (κ1) is 12.1. The molecule has 0 aliphatic heterocycles. The molecule has 100 valence electrons. The fourth-order valence-electron chi connectivity index (χ4n) is 2.16. The van der Waals surface area contributed by atoms with Crippen LogP contribution in [0.4, 0.5) is 5.69 Å². The Morgan fingerprint density at radius 1 is 0.900 bits per heavy atom. The minimum absolute atomic E-state index is 0.0796. The molecule has 5 heteroatoms. The van der Waals surface area contributed by atoms with E-state index in [0.717, 1.165) is 0 Å². The minimum Gasteiger partial charge on any atom is -0.508 e. The van der Waals surface area contributed by atoms with Crippen molar-refractivity contribution in [1.29, 1.82) is 0 Å². The molecule has 0 saturated carbocycles. The molecule has 0 spiro atoms. The standard InChI is InChI=1S/C15H12N2O3/c16-12-2-1-9(18)6-11(12)15-10-7-14(20)13(19)5-8(10)3-4-17-15/h1-7,18-20H,16H2. The Morgan fingerprint density at radius 3 is 2.45 bits per heavy atom. The van der Waals surface area contributed by atoms with Gasteiger partial charge in [0.05, 0.1) is 5.69 Å². The second-order valence-electron chi connectivity index (χ2n) is 4.49. The van der Waals surface area contributed by atoms with Crippen LogP contribution in [-0.2, 0) is 0 Å². The van der Waals surface area contributed by atoms with Gasteiger partial charge in [0.15, 0.2) is 11.5 Å². The zero-order valence-corrected chi connectivity index (χ0v) is 10.4. The van der Waals surface area contributed by atoms with Crippen LogP contribution in [0.2, 0.25) is 0 Å². The zero-order valence-electron chi connectivity index (χ0n) is 10.4. The second-order valence-corrected chi connectivity index (χ2v) is 4.49. The van der Waals surface area contributed by atoms with Crippen LogP contribution in [-0.4, -0.2) is 20.3 Å². The summed E-state index contributed by atoms with van der Waals surface area (Å²) in [7, 11) is 0. The third-order valence-corrected chi connectivity index (χ3v) is 3.15. The van der Waals surface area contributed by atoms with Crippen LogP contribution in [0, 0.1) is 0 Å². The maximum absolute atomic E-state index is 9.65. The number of phenols is 3. The van der Waals surface area contributed by atoms with Gasteiger partial charge in [0.1, 0.15) is 5.75 Å². The summed E-state index contributed by atoms with van der Waals surface area (Å²) in [5.74, 6) is -0.347. The minimum atomic E-state index is -0.231.